The number of fused-ring (bicyclic) bond motifs is 5. The number of anilines is 1. The number of carbonyl (C=O) groups excluding carboxylic acids is 1. The van der Waals surface area contributed by atoms with Crippen LogP contribution in [0, 0.1) is 0 Å². The van der Waals surface area contributed by atoms with E-state index in [1.165, 1.54) is 11.3 Å². The molecule has 5 rings (SSSR count). The third-order valence-electron chi connectivity index (χ3n) is 5.02. The molecule has 1 amide bonds. The molecule has 0 bridgehead atoms. The number of thiophene rings is 1. The summed E-state index contributed by atoms with van der Waals surface area (Å²) in [5, 5.41) is 13.0. The van der Waals surface area contributed by atoms with E-state index in [0.29, 0.717) is 6.54 Å². The van der Waals surface area contributed by atoms with E-state index in [2.05, 4.69) is 28.4 Å². The number of hydrogen-bond acceptors (Lipinski definition) is 5. The standard InChI is InChI=1S/C21H19N5OS/c1-4-14-13(10-26(3)25-14)16-6-5-12-15(24-16)7-8-17-18(12)19-20(28-17)21(27)23-11(2)9-22-19/h4-8,10-11,22H,1,9H2,2-3H3,(H,23,27)/t11-/m1/s1. The molecule has 0 saturated carbocycles. The zero-order valence-corrected chi connectivity index (χ0v) is 16.4. The molecule has 1 aliphatic rings. The molecule has 0 unspecified atom stereocenters. The predicted molar refractivity (Wildman–Crippen MR) is 115 cm³/mol. The van der Waals surface area contributed by atoms with Crippen molar-refractivity contribution >= 4 is 50.0 Å². The van der Waals surface area contributed by atoms with Gasteiger partial charge in [0.2, 0.25) is 0 Å². The lowest BCUT2D eigenvalue weighted by Gasteiger charge is -2.10. The third-order valence-corrected chi connectivity index (χ3v) is 6.17. The lowest BCUT2D eigenvalue weighted by Crippen LogP contribution is -2.34. The lowest BCUT2D eigenvalue weighted by molar-refractivity contribution is 0.0949. The normalized spacial score (nSPS) is 16.5. The van der Waals surface area contributed by atoms with Crippen LogP contribution in [0.3, 0.4) is 0 Å². The number of aromatic nitrogens is 3. The topological polar surface area (TPSA) is 71.8 Å². The molecule has 4 heterocycles. The molecule has 1 aromatic carbocycles. The molecule has 0 saturated heterocycles. The maximum absolute atomic E-state index is 12.6. The van der Waals surface area contributed by atoms with E-state index in [9.17, 15) is 4.79 Å². The van der Waals surface area contributed by atoms with Crippen molar-refractivity contribution in [2.75, 3.05) is 11.9 Å². The summed E-state index contributed by atoms with van der Waals surface area (Å²) in [5.74, 6) is -0.0163. The first-order valence-electron chi connectivity index (χ1n) is 9.12. The van der Waals surface area contributed by atoms with Gasteiger partial charge in [-0.3, -0.25) is 9.48 Å². The average Bonchev–Trinajstić information content (AvgIpc) is 3.22. The van der Waals surface area contributed by atoms with E-state index < -0.39 is 0 Å². The molecule has 2 N–H and O–H groups in total. The van der Waals surface area contributed by atoms with Gasteiger partial charge in [-0.05, 0) is 37.3 Å². The highest BCUT2D eigenvalue weighted by Gasteiger charge is 2.24. The van der Waals surface area contributed by atoms with Crippen LogP contribution in [0.4, 0.5) is 5.69 Å². The van der Waals surface area contributed by atoms with E-state index in [0.717, 1.165) is 48.5 Å². The van der Waals surface area contributed by atoms with Crippen LogP contribution in [-0.4, -0.2) is 33.3 Å². The molecule has 0 radical (unpaired) electrons. The monoisotopic (exact) mass is 389 g/mol. The Balaban J connectivity index is 1.73. The predicted octanol–water partition coefficient (Wildman–Crippen LogP) is 4.04. The lowest BCUT2D eigenvalue weighted by atomic mass is 10.1. The highest BCUT2D eigenvalue weighted by atomic mass is 32.1. The van der Waals surface area contributed by atoms with Gasteiger partial charge >= 0.3 is 0 Å². The fourth-order valence-electron chi connectivity index (χ4n) is 3.73. The molecule has 0 aliphatic carbocycles. The number of carbonyl (C=O) groups is 1. The fraction of sp³-hybridized carbons (Fsp3) is 0.190. The summed E-state index contributed by atoms with van der Waals surface area (Å²) in [6.45, 7) is 6.55. The summed E-state index contributed by atoms with van der Waals surface area (Å²) in [6, 6.07) is 8.24. The van der Waals surface area contributed by atoms with E-state index >= 15 is 0 Å². The zero-order chi connectivity index (χ0) is 19.4. The molecule has 0 fully saturated rings. The summed E-state index contributed by atoms with van der Waals surface area (Å²) in [5.41, 5.74) is 4.43. The summed E-state index contributed by atoms with van der Waals surface area (Å²) in [7, 11) is 1.89. The minimum Gasteiger partial charge on any atom is -0.381 e. The van der Waals surface area contributed by atoms with E-state index in [4.69, 9.17) is 4.98 Å². The average molecular weight is 389 g/mol. The number of nitrogens with one attached hydrogen (secondary N) is 2. The Kier molecular flexibility index (Phi) is 3.73. The van der Waals surface area contributed by atoms with Crippen LogP contribution in [0.25, 0.3) is 38.3 Å². The van der Waals surface area contributed by atoms with Crippen LogP contribution in [-0.2, 0) is 7.05 Å². The van der Waals surface area contributed by atoms with Gasteiger partial charge in [-0.25, -0.2) is 4.98 Å². The van der Waals surface area contributed by atoms with Crippen molar-refractivity contribution < 1.29 is 4.79 Å². The molecule has 7 heteroatoms. The van der Waals surface area contributed by atoms with Gasteiger partial charge in [0.05, 0.1) is 22.6 Å². The van der Waals surface area contributed by atoms with Crippen molar-refractivity contribution in [2.45, 2.75) is 13.0 Å². The number of pyridine rings is 1. The minimum atomic E-state index is -0.0163. The van der Waals surface area contributed by atoms with Crippen molar-refractivity contribution in [2.24, 2.45) is 7.05 Å². The van der Waals surface area contributed by atoms with Gasteiger partial charge < -0.3 is 10.6 Å². The number of rotatable bonds is 2. The zero-order valence-electron chi connectivity index (χ0n) is 15.6. The maximum Gasteiger partial charge on any atom is 0.263 e. The molecule has 28 heavy (non-hydrogen) atoms. The smallest absolute Gasteiger partial charge is 0.263 e. The second-order valence-electron chi connectivity index (χ2n) is 7.07. The number of aryl methyl sites for hydroxylation is 1. The molecule has 3 aromatic heterocycles. The van der Waals surface area contributed by atoms with Gasteiger partial charge in [0, 0.05) is 46.9 Å². The van der Waals surface area contributed by atoms with Gasteiger partial charge in [0.1, 0.15) is 4.88 Å². The highest BCUT2D eigenvalue weighted by molar-refractivity contribution is 7.21. The molecular formula is C21H19N5OS. The molecule has 0 spiro atoms. The van der Waals surface area contributed by atoms with Crippen LogP contribution in [0.2, 0.25) is 0 Å². The summed E-state index contributed by atoms with van der Waals surface area (Å²) in [6.07, 6.45) is 3.69. The second kappa shape index (κ2) is 6.17. The first kappa shape index (κ1) is 16.9. The number of benzene rings is 1. The molecule has 140 valence electrons. The summed E-state index contributed by atoms with van der Waals surface area (Å²) in [4.78, 5) is 18.2. The summed E-state index contributed by atoms with van der Waals surface area (Å²) < 4.78 is 2.85. The second-order valence-corrected chi connectivity index (χ2v) is 8.12. The van der Waals surface area contributed by atoms with Crippen molar-refractivity contribution in [3.63, 3.8) is 0 Å². The maximum atomic E-state index is 12.6. The van der Waals surface area contributed by atoms with E-state index in [1.807, 2.05) is 38.4 Å². The van der Waals surface area contributed by atoms with Crippen molar-refractivity contribution in [1.82, 2.24) is 20.1 Å². The van der Waals surface area contributed by atoms with Crippen LogP contribution < -0.4 is 10.6 Å². The Bertz CT molecular complexity index is 1270. The Morgan fingerprint density at radius 2 is 2.18 bits per heavy atom. The van der Waals surface area contributed by atoms with Crippen molar-refractivity contribution in [3.8, 4) is 11.3 Å². The number of hydrogen-bond donors (Lipinski definition) is 2. The van der Waals surface area contributed by atoms with E-state index in [1.54, 1.807) is 10.8 Å². The first-order chi connectivity index (χ1) is 13.5. The number of nitrogens with zero attached hydrogens (tertiary/aromatic N) is 3. The Morgan fingerprint density at radius 3 is 3.00 bits per heavy atom. The van der Waals surface area contributed by atoms with Gasteiger partial charge in [0.15, 0.2) is 0 Å². The van der Waals surface area contributed by atoms with Crippen LogP contribution in [0.1, 0.15) is 22.3 Å². The fourth-order valence-corrected chi connectivity index (χ4v) is 4.83. The van der Waals surface area contributed by atoms with Crippen molar-refractivity contribution in [3.05, 3.63) is 47.6 Å². The van der Waals surface area contributed by atoms with Gasteiger partial charge in [-0.1, -0.05) is 6.58 Å². The molecule has 1 aliphatic heterocycles. The summed E-state index contributed by atoms with van der Waals surface area (Å²) >= 11 is 1.52. The largest absolute Gasteiger partial charge is 0.381 e. The highest BCUT2D eigenvalue weighted by Crippen LogP contribution is 2.41. The molecule has 4 aromatic rings. The van der Waals surface area contributed by atoms with Crippen LogP contribution in [0.15, 0.2) is 37.0 Å². The first-order valence-corrected chi connectivity index (χ1v) is 9.94. The Morgan fingerprint density at radius 1 is 1.32 bits per heavy atom. The molecule has 1 atom stereocenters. The quantitative estimate of drug-likeness (QED) is 0.543. The van der Waals surface area contributed by atoms with Crippen LogP contribution >= 0.6 is 11.3 Å². The van der Waals surface area contributed by atoms with Crippen molar-refractivity contribution in [1.29, 1.82) is 0 Å². The SMILES string of the molecule is C=Cc1nn(C)cc1-c1ccc2c(ccc3sc4c(c32)NC[C@@H](C)NC4=O)n1. The third kappa shape index (κ3) is 2.51. The van der Waals surface area contributed by atoms with Gasteiger partial charge in [-0.2, -0.15) is 5.10 Å². The molecular weight excluding hydrogens is 370 g/mol. The number of amides is 1. The van der Waals surface area contributed by atoms with E-state index in [-0.39, 0.29) is 11.9 Å². The van der Waals surface area contributed by atoms with Crippen LogP contribution in [0.5, 0.6) is 0 Å². The van der Waals surface area contributed by atoms with Gasteiger partial charge in [0.25, 0.3) is 5.91 Å². The Labute approximate surface area is 165 Å². The van der Waals surface area contributed by atoms with Gasteiger partial charge in [-0.15, -0.1) is 11.3 Å². The Hall–Kier alpha value is -3.19. The molecule has 6 nitrogen and oxygen atoms in total. The minimum absolute atomic E-state index is 0.0163.